The Kier molecular flexibility index (Phi) is 3.97. The molecule has 0 fully saturated rings. The van der Waals surface area contributed by atoms with Gasteiger partial charge in [-0.25, -0.2) is 0 Å². The Morgan fingerprint density at radius 2 is 2.00 bits per heavy atom. The molecule has 0 saturated heterocycles. The van der Waals surface area contributed by atoms with Crippen molar-refractivity contribution in [2.24, 2.45) is 0 Å². The molecular weight excluding hydrogens is 258 g/mol. The maximum absolute atomic E-state index is 11.9. The van der Waals surface area contributed by atoms with Gasteiger partial charge in [0.05, 0.1) is 5.56 Å². The van der Waals surface area contributed by atoms with E-state index < -0.39 is 0 Å². The molecule has 1 N–H and O–H groups in total. The molecule has 0 aliphatic carbocycles. The second-order valence-corrected chi connectivity index (χ2v) is 4.39. The van der Waals surface area contributed by atoms with Crippen LogP contribution >= 0.6 is 15.9 Å². The number of aryl methyl sites for hydroxylation is 2. The van der Waals surface area contributed by atoms with Crippen LogP contribution in [0.1, 0.15) is 34.4 Å². The summed E-state index contributed by atoms with van der Waals surface area (Å²) in [5.41, 5.74) is 1.59. The predicted molar refractivity (Wildman–Crippen MR) is 63.6 cm³/mol. The summed E-state index contributed by atoms with van der Waals surface area (Å²) >= 11 is 3.32. The quantitative estimate of drug-likeness (QED) is 0.861. The molecule has 0 bridgehead atoms. The van der Waals surface area contributed by atoms with E-state index in [1.54, 1.807) is 0 Å². The number of carbonyl (C=O) groups excluding carboxylic acids is 1. The van der Waals surface area contributed by atoms with Crippen molar-refractivity contribution < 1.29 is 9.21 Å². The second-order valence-electron chi connectivity index (χ2n) is 3.74. The van der Waals surface area contributed by atoms with Crippen LogP contribution in [-0.4, -0.2) is 17.3 Å². The third kappa shape index (κ3) is 2.62. The topological polar surface area (TPSA) is 42.2 Å². The largest absolute Gasteiger partial charge is 0.466 e. The molecule has 1 rings (SSSR count). The molecule has 1 heterocycles. The summed E-state index contributed by atoms with van der Waals surface area (Å²) in [6.45, 7) is 7.53. The number of hydrogen-bond acceptors (Lipinski definition) is 2. The van der Waals surface area contributed by atoms with Gasteiger partial charge in [-0.05, 0) is 27.7 Å². The van der Waals surface area contributed by atoms with E-state index >= 15 is 0 Å². The summed E-state index contributed by atoms with van der Waals surface area (Å²) in [5.74, 6) is 1.43. The fourth-order valence-electron chi connectivity index (χ4n) is 1.46. The molecule has 0 saturated carbocycles. The van der Waals surface area contributed by atoms with Gasteiger partial charge in [-0.15, -0.1) is 0 Å². The van der Waals surface area contributed by atoms with Gasteiger partial charge in [-0.3, -0.25) is 4.79 Å². The highest BCUT2D eigenvalue weighted by atomic mass is 79.9. The third-order valence-corrected chi connectivity index (χ3v) is 3.37. The summed E-state index contributed by atoms with van der Waals surface area (Å²) in [4.78, 5) is 11.9. The minimum Gasteiger partial charge on any atom is -0.466 e. The normalized spacial score (nSPS) is 12.6. The molecule has 1 aromatic rings. The number of nitrogens with one attached hydrogen (secondary N) is 1. The Bertz CT molecular complexity index is 371. The number of carbonyl (C=O) groups is 1. The maximum atomic E-state index is 11.9. The monoisotopic (exact) mass is 273 g/mol. The highest BCUT2D eigenvalue weighted by Gasteiger charge is 2.19. The van der Waals surface area contributed by atoms with E-state index in [4.69, 9.17) is 4.42 Å². The van der Waals surface area contributed by atoms with Gasteiger partial charge in [0, 0.05) is 16.9 Å². The first-order chi connectivity index (χ1) is 6.97. The van der Waals surface area contributed by atoms with Crippen molar-refractivity contribution in [1.82, 2.24) is 5.32 Å². The minimum atomic E-state index is -0.0613. The van der Waals surface area contributed by atoms with E-state index in [0.717, 1.165) is 16.7 Å². The zero-order valence-electron chi connectivity index (χ0n) is 9.48. The third-order valence-electron chi connectivity index (χ3n) is 2.40. The fraction of sp³-hybridized carbons (Fsp3) is 0.545. The van der Waals surface area contributed by atoms with Crippen LogP contribution in [0.2, 0.25) is 0 Å². The van der Waals surface area contributed by atoms with Gasteiger partial charge in [0.15, 0.2) is 0 Å². The molecule has 0 aliphatic heterocycles. The van der Waals surface area contributed by atoms with E-state index in [9.17, 15) is 4.79 Å². The number of halogens is 1. The average molecular weight is 274 g/mol. The molecule has 0 spiro atoms. The number of amides is 1. The first-order valence-electron chi connectivity index (χ1n) is 4.90. The Labute approximate surface area is 98.4 Å². The molecule has 0 radical (unpaired) electrons. The second kappa shape index (κ2) is 4.84. The molecular formula is C11H16BrNO2. The number of alkyl halides is 1. The summed E-state index contributed by atoms with van der Waals surface area (Å²) in [5, 5.41) is 3.64. The first-order valence-corrected chi connectivity index (χ1v) is 6.03. The summed E-state index contributed by atoms with van der Waals surface area (Å²) in [7, 11) is 0. The van der Waals surface area contributed by atoms with Gasteiger partial charge < -0.3 is 9.73 Å². The van der Waals surface area contributed by atoms with Crippen molar-refractivity contribution in [2.45, 2.75) is 33.7 Å². The van der Waals surface area contributed by atoms with Crippen molar-refractivity contribution in [3.63, 3.8) is 0 Å². The average Bonchev–Trinajstić information content (AvgIpc) is 2.41. The van der Waals surface area contributed by atoms with Gasteiger partial charge >= 0.3 is 0 Å². The molecule has 4 heteroatoms. The minimum absolute atomic E-state index is 0.0613. The zero-order valence-corrected chi connectivity index (χ0v) is 11.1. The predicted octanol–water partition coefficient (Wildman–Crippen LogP) is 2.72. The zero-order chi connectivity index (χ0) is 11.6. The van der Waals surface area contributed by atoms with Crippen LogP contribution in [0.15, 0.2) is 4.42 Å². The lowest BCUT2D eigenvalue weighted by molar-refractivity contribution is 0.0942. The molecule has 0 aromatic carbocycles. The number of hydrogen-bond donors (Lipinski definition) is 1. The molecule has 3 nitrogen and oxygen atoms in total. The van der Waals surface area contributed by atoms with Crippen LogP contribution in [0.4, 0.5) is 0 Å². The standard InChI is InChI=1S/C11H16BrNO2/c1-6(5-12)13-11(14)10-7(2)8(3)15-9(10)4/h6H,5H2,1-4H3,(H,13,14). The van der Waals surface area contributed by atoms with Crippen LogP contribution in [0.25, 0.3) is 0 Å². The van der Waals surface area contributed by atoms with Crippen LogP contribution in [0, 0.1) is 20.8 Å². The van der Waals surface area contributed by atoms with E-state index in [0.29, 0.717) is 11.3 Å². The van der Waals surface area contributed by atoms with Crippen molar-refractivity contribution in [3.8, 4) is 0 Å². The Morgan fingerprint density at radius 3 is 2.40 bits per heavy atom. The summed E-state index contributed by atoms with van der Waals surface area (Å²) in [6.07, 6.45) is 0. The lowest BCUT2D eigenvalue weighted by Crippen LogP contribution is -2.34. The number of rotatable bonds is 3. The van der Waals surface area contributed by atoms with Crippen molar-refractivity contribution in [1.29, 1.82) is 0 Å². The maximum Gasteiger partial charge on any atom is 0.255 e. The SMILES string of the molecule is Cc1oc(C)c(C(=O)NC(C)CBr)c1C. The molecule has 84 valence electrons. The fourth-order valence-corrected chi connectivity index (χ4v) is 1.62. The summed E-state index contributed by atoms with van der Waals surface area (Å²) in [6, 6.07) is 0.117. The lowest BCUT2D eigenvalue weighted by Gasteiger charge is -2.10. The van der Waals surface area contributed by atoms with Crippen molar-refractivity contribution in [3.05, 3.63) is 22.6 Å². The Balaban J connectivity index is 2.91. The smallest absolute Gasteiger partial charge is 0.255 e. The van der Waals surface area contributed by atoms with Gasteiger partial charge in [0.25, 0.3) is 5.91 Å². The van der Waals surface area contributed by atoms with E-state index in [1.165, 1.54) is 0 Å². The van der Waals surface area contributed by atoms with Crippen LogP contribution in [0.3, 0.4) is 0 Å². The van der Waals surface area contributed by atoms with Crippen LogP contribution in [0.5, 0.6) is 0 Å². The van der Waals surface area contributed by atoms with Crippen LogP contribution in [-0.2, 0) is 0 Å². The molecule has 1 amide bonds. The van der Waals surface area contributed by atoms with Gasteiger partial charge in [-0.2, -0.15) is 0 Å². The molecule has 0 aliphatic rings. The highest BCUT2D eigenvalue weighted by Crippen LogP contribution is 2.20. The summed E-state index contributed by atoms with van der Waals surface area (Å²) < 4.78 is 5.41. The molecule has 1 aromatic heterocycles. The van der Waals surface area contributed by atoms with Gasteiger partial charge in [0.2, 0.25) is 0 Å². The Hall–Kier alpha value is -0.770. The first kappa shape index (κ1) is 12.3. The number of furan rings is 1. The van der Waals surface area contributed by atoms with Crippen molar-refractivity contribution in [2.75, 3.05) is 5.33 Å². The van der Waals surface area contributed by atoms with E-state index in [1.807, 2.05) is 27.7 Å². The van der Waals surface area contributed by atoms with E-state index in [-0.39, 0.29) is 11.9 Å². The molecule has 1 atom stereocenters. The molecule has 15 heavy (non-hydrogen) atoms. The van der Waals surface area contributed by atoms with Gasteiger partial charge in [0.1, 0.15) is 11.5 Å². The Morgan fingerprint density at radius 1 is 1.40 bits per heavy atom. The van der Waals surface area contributed by atoms with Gasteiger partial charge in [-0.1, -0.05) is 15.9 Å². The van der Waals surface area contributed by atoms with Crippen LogP contribution < -0.4 is 5.32 Å². The highest BCUT2D eigenvalue weighted by molar-refractivity contribution is 9.09. The molecule has 1 unspecified atom stereocenters. The van der Waals surface area contributed by atoms with Crippen molar-refractivity contribution >= 4 is 21.8 Å². The van der Waals surface area contributed by atoms with E-state index in [2.05, 4.69) is 21.2 Å². The lowest BCUT2D eigenvalue weighted by atomic mass is 10.1.